The zero-order valence-corrected chi connectivity index (χ0v) is 6.41. The van der Waals surface area contributed by atoms with E-state index in [1.165, 1.54) is 0 Å². The standard InChI is InChI=1S/C7H15NO2/c1-4(2)6-7(10)5(9)3-8-6/h4-10H,3H2,1-2H3/t5-,6-,7+/m0/s1. The molecular formula is C7H15NO2. The second kappa shape index (κ2) is 2.86. The first-order chi connectivity index (χ1) is 4.63. The maximum Gasteiger partial charge on any atom is 0.0966 e. The van der Waals surface area contributed by atoms with Crippen LogP contribution >= 0.6 is 0 Å². The fourth-order valence-electron chi connectivity index (χ4n) is 1.37. The molecule has 3 heteroatoms. The fourth-order valence-corrected chi connectivity index (χ4v) is 1.37. The van der Waals surface area contributed by atoms with Gasteiger partial charge in [-0.05, 0) is 5.92 Å². The average Bonchev–Trinajstić information content (AvgIpc) is 2.14. The van der Waals surface area contributed by atoms with Gasteiger partial charge in [0, 0.05) is 12.6 Å². The first kappa shape index (κ1) is 7.98. The molecule has 0 spiro atoms. The van der Waals surface area contributed by atoms with Crippen molar-refractivity contribution >= 4 is 0 Å². The molecule has 0 bridgehead atoms. The van der Waals surface area contributed by atoms with E-state index >= 15 is 0 Å². The third-order valence-corrected chi connectivity index (χ3v) is 2.04. The van der Waals surface area contributed by atoms with Gasteiger partial charge >= 0.3 is 0 Å². The molecule has 3 nitrogen and oxygen atoms in total. The Hall–Kier alpha value is -0.120. The minimum absolute atomic E-state index is 0.0648. The summed E-state index contributed by atoms with van der Waals surface area (Å²) in [5, 5.41) is 21.5. The van der Waals surface area contributed by atoms with Gasteiger partial charge in [0.05, 0.1) is 12.2 Å². The summed E-state index contributed by atoms with van der Waals surface area (Å²) < 4.78 is 0. The Morgan fingerprint density at radius 3 is 2.20 bits per heavy atom. The van der Waals surface area contributed by atoms with Crippen LogP contribution in [0.2, 0.25) is 0 Å². The van der Waals surface area contributed by atoms with Crippen LogP contribution in [0.3, 0.4) is 0 Å². The summed E-state index contributed by atoms with van der Waals surface area (Å²) in [6.07, 6.45) is -1.16. The predicted octanol–water partition coefficient (Wildman–Crippen LogP) is -0.664. The highest BCUT2D eigenvalue weighted by atomic mass is 16.3. The van der Waals surface area contributed by atoms with Crippen LogP contribution in [0, 0.1) is 5.92 Å². The lowest BCUT2D eigenvalue weighted by molar-refractivity contribution is 0.0328. The molecule has 0 aliphatic carbocycles. The van der Waals surface area contributed by atoms with Gasteiger partial charge in [0.15, 0.2) is 0 Å². The van der Waals surface area contributed by atoms with Crippen LogP contribution in [0.5, 0.6) is 0 Å². The van der Waals surface area contributed by atoms with Crippen molar-refractivity contribution in [3.8, 4) is 0 Å². The normalized spacial score (nSPS) is 41.1. The second-order valence-electron chi connectivity index (χ2n) is 3.24. The average molecular weight is 145 g/mol. The summed E-state index contributed by atoms with van der Waals surface area (Å²) in [5.41, 5.74) is 0. The van der Waals surface area contributed by atoms with E-state index in [1.807, 2.05) is 13.8 Å². The molecule has 0 aromatic carbocycles. The number of hydrogen-bond donors (Lipinski definition) is 3. The van der Waals surface area contributed by atoms with Gasteiger partial charge < -0.3 is 15.5 Å². The number of hydrogen-bond acceptors (Lipinski definition) is 3. The van der Waals surface area contributed by atoms with Crippen molar-refractivity contribution in [1.82, 2.24) is 5.32 Å². The molecule has 1 saturated heterocycles. The summed E-state index contributed by atoms with van der Waals surface area (Å²) >= 11 is 0. The lowest BCUT2D eigenvalue weighted by Crippen LogP contribution is -2.37. The molecule has 3 atom stereocenters. The largest absolute Gasteiger partial charge is 0.389 e. The SMILES string of the molecule is CC(C)[C@@H]1NC[C@H](O)[C@H]1O. The van der Waals surface area contributed by atoms with Crippen molar-refractivity contribution in [3.05, 3.63) is 0 Å². The van der Waals surface area contributed by atoms with Crippen LogP contribution in [0.4, 0.5) is 0 Å². The molecule has 10 heavy (non-hydrogen) atoms. The van der Waals surface area contributed by atoms with Crippen molar-refractivity contribution in [2.24, 2.45) is 5.92 Å². The van der Waals surface area contributed by atoms with E-state index < -0.39 is 12.2 Å². The molecule has 0 aromatic rings. The van der Waals surface area contributed by atoms with Gasteiger partial charge in [-0.15, -0.1) is 0 Å². The summed E-state index contributed by atoms with van der Waals surface area (Å²) in [5.74, 6) is 0.382. The predicted molar refractivity (Wildman–Crippen MR) is 38.6 cm³/mol. The summed E-state index contributed by atoms with van der Waals surface area (Å²) in [6.45, 7) is 4.57. The minimum atomic E-state index is -0.583. The Bertz CT molecular complexity index is 116. The summed E-state index contributed by atoms with van der Waals surface area (Å²) in [7, 11) is 0. The smallest absolute Gasteiger partial charge is 0.0966 e. The van der Waals surface area contributed by atoms with E-state index in [2.05, 4.69) is 5.32 Å². The molecule has 0 amide bonds. The first-order valence-electron chi connectivity index (χ1n) is 3.72. The van der Waals surface area contributed by atoms with Crippen LogP contribution in [-0.2, 0) is 0 Å². The molecular weight excluding hydrogens is 130 g/mol. The number of rotatable bonds is 1. The van der Waals surface area contributed by atoms with Gasteiger partial charge in [-0.25, -0.2) is 0 Å². The van der Waals surface area contributed by atoms with E-state index in [0.717, 1.165) is 0 Å². The molecule has 0 saturated carbocycles. The van der Waals surface area contributed by atoms with E-state index in [9.17, 15) is 5.11 Å². The third-order valence-electron chi connectivity index (χ3n) is 2.04. The monoisotopic (exact) mass is 145 g/mol. The summed E-state index contributed by atoms with van der Waals surface area (Å²) in [6, 6.07) is 0.0648. The lowest BCUT2D eigenvalue weighted by Gasteiger charge is -2.19. The Labute approximate surface area is 61.1 Å². The Balaban J connectivity index is 2.49. The molecule has 1 fully saturated rings. The molecule has 0 unspecified atom stereocenters. The molecule has 0 radical (unpaired) electrons. The molecule has 1 rings (SSSR count). The number of aliphatic hydroxyl groups excluding tert-OH is 2. The maximum absolute atomic E-state index is 9.32. The number of nitrogens with one attached hydrogen (secondary N) is 1. The Morgan fingerprint density at radius 1 is 1.40 bits per heavy atom. The highest BCUT2D eigenvalue weighted by molar-refractivity contribution is 4.91. The highest BCUT2D eigenvalue weighted by Gasteiger charge is 2.34. The summed E-state index contributed by atoms with van der Waals surface area (Å²) in [4.78, 5) is 0. The zero-order valence-electron chi connectivity index (χ0n) is 6.41. The molecule has 1 heterocycles. The van der Waals surface area contributed by atoms with Crippen molar-refractivity contribution < 1.29 is 10.2 Å². The van der Waals surface area contributed by atoms with Crippen LogP contribution < -0.4 is 5.32 Å². The molecule has 60 valence electrons. The molecule has 3 N–H and O–H groups in total. The van der Waals surface area contributed by atoms with E-state index in [0.29, 0.717) is 12.5 Å². The van der Waals surface area contributed by atoms with Crippen LogP contribution in [0.25, 0.3) is 0 Å². The quantitative estimate of drug-likeness (QED) is 0.459. The van der Waals surface area contributed by atoms with E-state index in [4.69, 9.17) is 5.11 Å². The Kier molecular flexibility index (Phi) is 2.28. The van der Waals surface area contributed by atoms with Crippen molar-refractivity contribution in [2.75, 3.05) is 6.54 Å². The second-order valence-corrected chi connectivity index (χ2v) is 3.24. The van der Waals surface area contributed by atoms with Gasteiger partial charge in [-0.3, -0.25) is 0 Å². The van der Waals surface area contributed by atoms with E-state index in [-0.39, 0.29) is 6.04 Å². The van der Waals surface area contributed by atoms with Gasteiger partial charge in [-0.2, -0.15) is 0 Å². The lowest BCUT2D eigenvalue weighted by atomic mass is 10.00. The fraction of sp³-hybridized carbons (Fsp3) is 1.00. The van der Waals surface area contributed by atoms with Gasteiger partial charge in [0.25, 0.3) is 0 Å². The minimum Gasteiger partial charge on any atom is -0.389 e. The van der Waals surface area contributed by atoms with Crippen LogP contribution in [-0.4, -0.2) is 35.0 Å². The topological polar surface area (TPSA) is 52.5 Å². The third kappa shape index (κ3) is 1.31. The van der Waals surface area contributed by atoms with Crippen molar-refractivity contribution in [1.29, 1.82) is 0 Å². The van der Waals surface area contributed by atoms with Gasteiger partial charge in [-0.1, -0.05) is 13.8 Å². The van der Waals surface area contributed by atoms with Crippen molar-refractivity contribution in [2.45, 2.75) is 32.1 Å². The first-order valence-corrected chi connectivity index (χ1v) is 3.72. The maximum atomic E-state index is 9.32. The van der Waals surface area contributed by atoms with Crippen molar-refractivity contribution in [3.63, 3.8) is 0 Å². The van der Waals surface area contributed by atoms with Gasteiger partial charge in [0.2, 0.25) is 0 Å². The van der Waals surface area contributed by atoms with Crippen LogP contribution in [0.1, 0.15) is 13.8 Å². The molecule has 0 aromatic heterocycles. The molecule has 1 aliphatic heterocycles. The molecule has 1 aliphatic rings. The van der Waals surface area contributed by atoms with Crippen LogP contribution in [0.15, 0.2) is 0 Å². The Morgan fingerprint density at radius 2 is 2.00 bits per heavy atom. The van der Waals surface area contributed by atoms with Gasteiger partial charge in [0.1, 0.15) is 0 Å². The highest BCUT2D eigenvalue weighted by Crippen LogP contribution is 2.14. The number of β-amino-alcohol motifs (C(OH)–C–C–N with tert-alkyl or cyclic N) is 1. The van der Waals surface area contributed by atoms with E-state index in [1.54, 1.807) is 0 Å². The zero-order chi connectivity index (χ0) is 7.72. The number of aliphatic hydroxyl groups is 2.